The Kier molecular flexibility index (Phi) is 6.60. The average molecular weight is 446 g/mol. The lowest BCUT2D eigenvalue weighted by atomic mass is 9.95. The summed E-state index contributed by atoms with van der Waals surface area (Å²) in [6.45, 7) is 0.810. The summed E-state index contributed by atoms with van der Waals surface area (Å²) in [5.74, 6) is 0.677. The molecule has 0 fully saturated rings. The standard InChI is InChI=1S/C26H27N3O4/c1-29(2)16-25(31)27-20-8-3-18(4-9-20)26(32)28-23-13-14-33-24-12-7-19(15-22(23)24)17-5-10-21(30)11-6-17/h3-12,15,23,30H,13-14,16H2,1-2H3,(H,27,31)(H,28,32). The Labute approximate surface area is 193 Å². The highest BCUT2D eigenvalue weighted by Gasteiger charge is 2.24. The number of phenolic OH excluding ortho intramolecular Hbond substituents is 1. The average Bonchev–Trinajstić information content (AvgIpc) is 2.79. The van der Waals surface area contributed by atoms with E-state index >= 15 is 0 Å². The highest BCUT2D eigenvalue weighted by molar-refractivity contribution is 5.96. The molecule has 1 atom stereocenters. The van der Waals surface area contributed by atoms with E-state index in [0.717, 1.165) is 22.4 Å². The van der Waals surface area contributed by atoms with Crippen molar-refractivity contribution in [1.29, 1.82) is 0 Å². The maximum absolute atomic E-state index is 12.9. The second-order valence-corrected chi connectivity index (χ2v) is 8.33. The summed E-state index contributed by atoms with van der Waals surface area (Å²) in [5.41, 5.74) is 4.04. The summed E-state index contributed by atoms with van der Waals surface area (Å²) in [4.78, 5) is 26.6. The maximum Gasteiger partial charge on any atom is 0.251 e. The van der Waals surface area contributed by atoms with Crippen molar-refractivity contribution in [2.24, 2.45) is 0 Å². The third kappa shape index (κ3) is 5.51. The molecule has 1 unspecified atom stereocenters. The van der Waals surface area contributed by atoms with Crippen molar-refractivity contribution in [1.82, 2.24) is 10.2 Å². The zero-order valence-corrected chi connectivity index (χ0v) is 18.7. The zero-order chi connectivity index (χ0) is 23.4. The largest absolute Gasteiger partial charge is 0.508 e. The van der Waals surface area contributed by atoms with Crippen molar-refractivity contribution in [3.8, 4) is 22.6 Å². The van der Waals surface area contributed by atoms with Crippen molar-refractivity contribution in [3.63, 3.8) is 0 Å². The molecular formula is C26H27N3O4. The van der Waals surface area contributed by atoms with Gasteiger partial charge in [0.1, 0.15) is 11.5 Å². The molecule has 1 aliphatic heterocycles. The van der Waals surface area contributed by atoms with Crippen LogP contribution in [0.15, 0.2) is 66.7 Å². The molecule has 33 heavy (non-hydrogen) atoms. The fourth-order valence-electron chi connectivity index (χ4n) is 3.81. The minimum absolute atomic E-state index is 0.111. The Hall–Kier alpha value is -3.84. The highest BCUT2D eigenvalue weighted by Crippen LogP contribution is 2.36. The van der Waals surface area contributed by atoms with Gasteiger partial charge in [-0.05, 0) is 73.8 Å². The Morgan fingerprint density at radius 2 is 1.70 bits per heavy atom. The van der Waals surface area contributed by atoms with E-state index in [1.807, 2.05) is 44.4 Å². The van der Waals surface area contributed by atoms with Gasteiger partial charge in [0.05, 0.1) is 19.2 Å². The minimum atomic E-state index is -0.186. The molecular weight excluding hydrogens is 418 g/mol. The fraction of sp³-hybridized carbons (Fsp3) is 0.231. The Bertz CT molecular complexity index is 1140. The summed E-state index contributed by atoms with van der Waals surface area (Å²) in [6.07, 6.45) is 0.663. The van der Waals surface area contributed by atoms with E-state index in [9.17, 15) is 14.7 Å². The molecule has 0 aromatic heterocycles. The molecule has 7 nitrogen and oxygen atoms in total. The van der Waals surface area contributed by atoms with E-state index in [0.29, 0.717) is 24.3 Å². The number of hydrogen-bond donors (Lipinski definition) is 3. The lowest BCUT2D eigenvalue weighted by Gasteiger charge is -2.27. The van der Waals surface area contributed by atoms with Crippen LogP contribution in [0.1, 0.15) is 28.4 Å². The molecule has 3 N–H and O–H groups in total. The summed E-state index contributed by atoms with van der Waals surface area (Å²) in [6, 6.07) is 19.6. The number of likely N-dealkylation sites (N-methyl/N-ethyl adjacent to an activating group) is 1. The normalized spacial score (nSPS) is 14.8. The molecule has 4 rings (SSSR count). The summed E-state index contributed by atoms with van der Waals surface area (Å²) >= 11 is 0. The minimum Gasteiger partial charge on any atom is -0.508 e. The Balaban J connectivity index is 1.47. The van der Waals surface area contributed by atoms with Crippen molar-refractivity contribution in [2.75, 3.05) is 32.6 Å². The molecule has 1 aliphatic rings. The second-order valence-electron chi connectivity index (χ2n) is 8.33. The quantitative estimate of drug-likeness (QED) is 0.537. The molecule has 7 heteroatoms. The predicted molar refractivity (Wildman–Crippen MR) is 127 cm³/mol. The van der Waals surface area contributed by atoms with E-state index in [-0.39, 0.29) is 30.2 Å². The number of phenols is 1. The molecule has 0 saturated carbocycles. The third-order valence-corrected chi connectivity index (χ3v) is 5.45. The van der Waals surface area contributed by atoms with Gasteiger partial charge in [-0.3, -0.25) is 9.59 Å². The first-order valence-corrected chi connectivity index (χ1v) is 10.8. The summed E-state index contributed by atoms with van der Waals surface area (Å²) < 4.78 is 5.80. The van der Waals surface area contributed by atoms with Gasteiger partial charge in [-0.1, -0.05) is 18.2 Å². The molecule has 2 amide bonds. The molecule has 1 heterocycles. The number of anilines is 1. The van der Waals surface area contributed by atoms with Crippen molar-refractivity contribution < 1.29 is 19.4 Å². The van der Waals surface area contributed by atoms with Crippen LogP contribution in [0.5, 0.6) is 11.5 Å². The molecule has 0 spiro atoms. The monoisotopic (exact) mass is 445 g/mol. The van der Waals surface area contributed by atoms with Crippen LogP contribution >= 0.6 is 0 Å². The molecule has 0 bridgehead atoms. The SMILES string of the molecule is CN(C)CC(=O)Nc1ccc(C(=O)NC2CCOc3ccc(-c4ccc(O)cc4)cc32)cc1. The topological polar surface area (TPSA) is 90.9 Å². The van der Waals surface area contributed by atoms with Gasteiger partial charge in [-0.25, -0.2) is 0 Å². The van der Waals surface area contributed by atoms with Gasteiger partial charge in [0, 0.05) is 23.2 Å². The van der Waals surface area contributed by atoms with Gasteiger partial charge in [-0.15, -0.1) is 0 Å². The number of rotatable bonds is 6. The first-order chi connectivity index (χ1) is 15.9. The second kappa shape index (κ2) is 9.75. The number of aromatic hydroxyl groups is 1. The molecule has 170 valence electrons. The van der Waals surface area contributed by atoms with E-state index in [1.54, 1.807) is 41.3 Å². The van der Waals surface area contributed by atoms with Crippen molar-refractivity contribution in [2.45, 2.75) is 12.5 Å². The van der Waals surface area contributed by atoms with Crippen LogP contribution in [-0.2, 0) is 4.79 Å². The zero-order valence-electron chi connectivity index (χ0n) is 18.7. The van der Waals surface area contributed by atoms with E-state index in [1.165, 1.54) is 0 Å². The molecule has 3 aromatic rings. The summed E-state index contributed by atoms with van der Waals surface area (Å²) in [5, 5.41) is 15.5. The highest BCUT2D eigenvalue weighted by atomic mass is 16.5. The fourth-order valence-corrected chi connectivity index (χ4v) is 3.81. The number of fused-ring (bicyclic) bond motifs is 1. The number of amides is 2. The van der Waals surface area contributed by atoms with Crippen molar-refractivity contribution in [3.05, 3.63) is 77.9 Å². The van der Waals surface area contributed by atoms with Gasteiger partial charge in [0.25, 0.3) is 5.91 Å². The summed E-state index contributed by atoms with van der Waals surface area (Å²) in [7, 11) is 3.66. The van der Waals surface area contributed by atoms with Gasteiger partial charge < -0.3 is 25.4 Å². The molecule has 3 aromatic carbocycles. The Morgan fingerprint density at radius 3 is 2.39 bits per heavy atom. The Morgan fingerprint density at radius 1 is 1.00 bits per heavy atom. The van der Waals surface area contributed by atoms with E-state index in [2.05, 4.69) is 10.6 Å². The van der Waals surface area contributed by atoms with Crippen LogP contribution in [0.3, 0.4) is 0 Å². The molecule has 0 aliphatic carbocycles. The lowest BCUT2D eigenvalue weighted by molar-refractivity contribution is -0.116. The van der Waals surface area contributed by atoms with Crippen LogP contribution in [0.4, 0.5) is 5.69 Å². The van der Waals surface area contributed by atoms with Gasteiger partial charge >= 0.3 is 0 Å². The van der Waals surface area contributed by atoms with E-state index in [4.69, 9.17) is 4.74 Å². The number of hydrogen-bond acceptors (Lipinski definition) is 5. The first kappa shape index (κ1) is 22.4. The third-order valence-electron chi connectivity index (χ3n) is 5.45. The lowest BCUT2D eigenvalue weighted by Crippen LogP contribution is -2.32. The number of carbonyl (C=O) groups excluding carboxylic acids is 2. The predicted octanol–water partition coefficient (Wildman–Crippen LogP) is 3.81. The van der Waals surface area contributed by atoms with E-state index < -0.39 is 0 Å². The van der Waals surface area contributed by atoms with Crippen LogP contribution in [-0.4, -0.2) is 49.1 Å². The smallest absolute Gasteiger partial charge is 0.251 e. The van der Waals surface area contributed by atoms with Gasteiger partial charge in [0.2, 0.25) is 5.91 Å². The number of nitrogens with zero attached hydrogens (tertiary/aromatic N) is 1. The molecule has 0 radical (unpaired) electrons. The first-order valence-electron chi connectivity index (χ1n) is 10.8. The number of ether oxygens (including phenoxy) is 1. The number of benzene rings is 3. The van der Waals surface area contributed by atoms with Crippen LogP contribution in [0, 0.1) is 0 Å². The number of carbonyl (C=O) groups is 2. The van der Waals surface area contributed by atoms with Crippen LogP contribution in [0.25, 0.3) is 11.1 Å². The van der Waals surface area contributed by atoms with Crippen LogP contribution in [0.2, 0.25) is 0 Å². The van der Waals surface area contributed by atoms with Crippen LogP contribution < -0.4 is 15.4 Å². The van der Waals surface area contributed by atoms with Gasteiger partial charge in [0.15, 0.2) is 0 Å². The maximum atomic E-state index is 12.9. The van der Waals surface area contributed by atoms with Gasteiger partial charge in [-0.2, -0.15) is 0 Å². The number of nitrogens with one attached hydrogen (secondary N) is 2. The molecule has 0 saturated heterocycles. The van der Waals surface area contributed by atoms with Crippen molar-refractivity contribution >= 4 is 17.5 Å².